The van der Waals surface area contributed by atoms with E-state index < -0.39 is 39.0 Å². The standard InChI is InChI=1S/C24H25Cl2NO5S/c1-15(2)24(23(28)29,16(3)12-22(25)26)21(14-27)17-6-5-7-19(13-17)32-18-8-10-20(11-9-18)33(4,30)31/h5-13,15-16,21H,1-4H3,(H,28,29). The van der Waals surface area contributed by atoms with Gasteiger partial charge in [0.1, 0.15) is 16.0 Å². The third-order valence-electron chi connectivity index (χ3n) is 5.74. The van der Waals surface area contributed by atoms with Crippen LogP contribution in [0.25, 0.3) is 0 Å². The van der Waals surface area contributed by atoms with Crippen molar-refractivity contribution in [1.29, 1.82) is 5.26 Å². The van der Waals surface area contributed by atoms with E-state index in [1.165, 1.54) is 30.3 Å². The molecule has 0 spiro atoms. The van der Waals surface area contributed by atoms with Crippen LogP contribution in [0, 0.1) is 28.6 Å². The van der Waals surface area contributed by atoms with E-state index in [2.05, 4.69) is 6.07 Å². The van der Waals surface area contributed by atoms with Crippen LogP contribution in [-0.4, -0.2) is 25.7 Å². The van der Waals surface area contributed by atoms with Gasteiger partial charge >= 0.3 is 5.97 Å². The van der Waals surface area contributed by atoms with Crippen molar-refractivity contribution in [3.05, 3.63) is 64.7 Å². The minimum Gasteiger partial charge on any atom is -0.481 e. The molecule has 176 valence electrons. The van der Waals surface area contributed by atoms with E-state index in [1.807, 2.05) is 0 Å². The summed E-state index contributed by atoms with van der Waals surface area (Å²) < 4.78 is 29.0. The zero-order valence-corrected chi connectivity index (χ0v) is 20.9. The van der Waals surface area contributed by atoms with Crippen LogP contribution in [-0.2, 0) is 14.6 Å². The van der Waals surface area contributed by atoms with Crippen molar-refractivity contribution in [3.8, 4) is 17.6 Å². The lowest BCUT2D eigenvalue weighted by atomic mass is 9.59. The number of hydrogen-bond donors (Lipinski definition) is 1. The maximum absolute atomic E-state index is 12.6. The van der Waals surface area contributed by atoms with Crippen molar-refractivity contribution in [2.75, 3.05) is 6.26 Å². The predicted molar refractivity (Wildman–Crippen MR) is 128 cm³/mol. The molecule has 0 saturated heterocycles. The molecule has 0 heterocycles. The molecule has 0 aromatic heterocycles. The fourth-order valence-corrected chi connectivity index (χ4v) is 5.13. The number of ether oxygens (including phenoxy) is 1. The average molecular weight is 510 g/mol. The summed E-state index contributed by atoms with van der Waals surface area (Å²) in [6, 6.07) is 14.7. The molecular formula is C24H25Cl2NO5S. The molecule has 3 unspecified atom stereocenters. The van der Waals surface area contributed by atoms with Gasteiger partial charge in [-0.05, 0) is 53.8 Å². The van der Waals surface area contributed by atoms with E-state index in [1.54, 1.807) is 45.0 Å². The number of sulfone groups is 1. The lowest BCUT2D eigenvalue weighted by Gasteiger charge is -2.41. The second-order valence-corrected chi connectivity index (χ2v) is 11.1. The lowest BCUT2D eigenvalue weighted by molar-refractivity contribution is -0.155. The number of rotatable bonds is 9. The van der Waals surface area contributed by atoms with Crippen molar-refractivity contribution >= 4 is 39.0 Å². The minimum atomic E-state index is -3.33. The molecule has 33 heavy (non-hydrogen) atoms. The summed E-state index contributed by atoms with van der Waals surface area (Å²) in [5.74, 6) is -2.49. The van der Waals surface area contributed by atoms with E-state index in [0.717, 1.165) is 6.26 Å². The van der Waals surface area contributed by atoms with Gasteiger partial charge in [-0.15, -0.1) is 0 Å². The Morgan fingerprint density at radius 1 is 1.12 bits per heavy atom. The molecule has 0 aliphatic rings. The third-order valence-corrected chi connectivity index (χ3v) is 7.12. The second kappa shape index (κ2) is 10.6. The summed E-state index contributed by atoms with van der Waals surface area (Å²) in [7, 11) is -3.33. The van der Waals surface area contributed by atoms with Gasteiger partial charge in [0.15, 0.2) is 9.84 Å². The van der Waals surface area contributed by atoms with Gasteiger partial charge in [-0.3, -0.25) is 4.79 Å². The lowest BCUT2D eigenvalue weighted by Crippen LogP contribution is -2.46. The van der Waals surface area contributed by atoms with E-state index in [4.69, 9.17) is 27.9 Å². The van der Waals surface area contributed by atoms with Crippen LogP contribution >= 0.6 is 23.2 Å². The molecule has 0 saturated carbocycles. The van der Waals surface area contributed by atoms with Gasteiger partial charge in [0.05, 0.1) is 22.3 Å². The van der Waals surface area contributed by atoms with Gasteiger partial charge in [-0.2, -0.15) is 5.26 Å². The Bertz CT molecular complexity index is 1180. The number of nitrogens with zero attached hydrogens (tertiary/aromatic N) is 1. The predicted octanol–water partition coefficient (Wildman–Crippen LogP) is 6.17. The van der Waals surface area contributed by atoms with Gasteiger partial charge < -0.3 is 9.84 Å². The van der Waals surface area contributed by atoms with Crippen molar-refractivity contribution in [2.24, 2.45) is 17.3 Å². The Labute approximate surface area is 204 Å². The molecule has 0 fully saturated rings. The number of benzene rings is 2. The van der Waals surface area contributed by atoms with Crippen LogP contribution in [0.15, 0.2) is 64.0 Å². The summed E-state index contributed by atoms with van der Waals surface area (Å²) in [5.41, 5.74) is -1.05. The van der Waals surface area contributed by atoms with Gasteiger partial charge in [0, 0.05) is 6.26 Å². The van der Waals surface area contributed by atoms with Crippen molar-refractivity contribution in [1.82, 2.24) is 0 Å². The van der Waals surface area contributed by atoms with Crippen LogP contribution in [0.4, 0.5) is 0 Å². The molecule has 3 atom stereocenters. The third kappa shape index (κ3) is 5.89. The smallest absolute Gasteiger partial charge is 0.312 e. The summed E-state index contributed by atoms with van der Waals surface area (Å²) in [4.78, 5) is 12.8. The number of halogens is 2. The molecule has 2 aromatic rings. The van der Waals surface area contributed by atoms with E-state index >= 15 is 0 Å². The van der Waals surface area contributed by atoms with Crippen molar-refractivity contribution in [3.63, 3.8) is 0 Å². The van der Waals surface area contributed by atoms with Gasteiger partial charge in [-0.1, -0.05) is 62.2 Å². The van der Waals surface area contributed by atoms with Crippen LogP contribution in [0.3, 0.4) is 0 Å². The molecule has 2 rings (SSSR count). The number of hydrogen-bond acceptors (Lipinski definition) is 5. The number of aliphatic carboxylic acids is 1. The molecule has 1 N–H and O–H groups in total. The average Bonchev–Trinajstić information content (AvgIpc) is 2.70. The molecule has 0 aliphatic heterocycles. The van der Waals surface area contributed by atoms with Crippen LogP contribution < -0.4 is 4.74 Å². The molecular weight excluding hydrogens is 485 g/mol. The summed E-state index contributed by atoms with van der Waals surface area (Å²) in [5, 5.41) is 20.4. The molecule has 2 aromatic carbocycles. The largest absolute Gasteiger partial charge is 0.481 e. The van der Waals surface area contributed by atoms with Crippen LogP contribution in [0.1, 0.15) is 32.3 Å². The zero-order valence-electron chi connectivity index (χ0n) is 18.6. The Morgan fingerprint density at radius 2 is 1.73 bits per heavy atom. The molecule has 9 heteroatoms. The fraction of sp³-hybridized carbons (Fsp3) is 0.333. The monoisotopic (exact) mass is 509 g/mol. The highest BCUT2D eigenvalue weighted by Gasteiger charge is 2.53. The van der Waals surface area contributed by atoms with Gasteiger partial charge in [-0.25, -0.2) is 8.42 Å². The highest BCUT2D eigenvalue weighted by Crippen LogP contribution is 2.50. The summed E-state index contributed by atoms with van der Waals surface area (Å²) in [6.07, 6.45) is 2.55. The van der Waals surface area contributed by atoms with Crippen LogP contribution in [0.5, 0.6) is 11.5 Å². The highest BCUT2D eigenvalue weighted by atomic mass is 35.5. The molecule has 0 radical (unpaired) electrons. The first kappa shape index (κ1) is 26.7. The Hall–Kier alpha value is -2.53. The SMILES string of the molecule is CC(C)C(C(=O)O)(C(C)C=C(Cl)Cl)C(C#N)c1cccc(Oc2ccc(S(C)(=O)=O)cc2)c1. The first-order chi connectivity index (χ1) is 15.3. The topological polar surface area (TPSA) is 104 Å². The van der Waals surface area contributed by atoms with E-state index in [0.29, 0.717) is 17.1 Å². The maximum Gasteiger partial charge on any atom is 0.312 e. The second-order valence-electron chi connectivity index (χ2n) is 8.12. The zero-order chi connectivity index (χ0) is 25.0. The Balaban J connectivity index is 2.51. The first-order valence-corrected chi connectivity index (χ1v) is 12.7. The quantitative estimate of drug-likeness (QED) is 0.433. The molecule has 0 amide bonds. The van der Waals surface area contributed by atoms with Crippen LogP contribution in [0.2, 0.25) is 0 Å². The maximum atomic E-state index is 12.6. The molecule has 0 aliphatic carbocycles. The van der Waals surface area contributed by atoms with Crippen molar-refractivity contribution < 1.29 is 23.1 Å². The van der Waals surface area contributed by atoms with Crippen molar-refractivity contribution in [2.45, 2.75) is 31.6 Å². The number of carboxylic acid groups (broad SMARTS) is 1. The Kier molecular flexibility index (Phi) is 8.58. The van der Waals surface area contributed by atoms with E-state index in [-0.39, 0.29) is 9.39 Å². The number of carboxylic acids is 1. The number of allylic oxidation sites excluding steroid dienone is 1. The molecule has 6 nitrogen and oxygen atoms in total. The highest BCUT2D eigenvalue weighted by molar-refractivity contribution is 7.90. The minimum absolute atomic E-state index is 0.0694. The summed E-state index contributed by atoms with van der Waals surface area (Å²) in [6.45, 7) is 5.16. The van der Waals surface area contributed by atoms with Gasteiger partial charge in [0.2, 0.25) is 0 Å². The number of nitriles is 1. The fourth-order valence-electron chi connectivity index (χ4n) is 4.12. The normalized spacial score (nSPS) is 15.1. The first-order valence-electron chi connectivity index (χ1n) is 10.1. The van der Waals surface area contributed by atoms with E-state index in [9.17, 15) is 23.6 Å². The number of carbonyl (C=O) groups is 1. The molecule has 0 bridgehead atoms. The Morgan fingerprint density at radius 3 is 2.18 bits per heavy atom. The van der Waals surface area contributed by atoms with Gasteiger partial charge in [0.25, 0.3) is 0 Å². The summed E-state index contributed by atoms with van der Waals surface area (Å²) >= 11 is 11.7.